The standard InChI is InChI=1S/C15H30N2O/c1-4-11-17(13-14-18-3)12-10-15(16-2)8-6-5-7-9-15/h4,16H,1,5-14H2,2-3H3. The lowest BCUT2D eigenvalue weighted by Crippen LogP contribution is -2.47. The highest BCUT2D eigenvalue weighted by atomic mass is 16.5. The summed E-state index contributed by atoms with van der Waals surface area (Å²) in [6.07, 6.45) is 10.0. The molecule has 18 heavy (non-hydrogen) atoms. The van der Waals surface area contributed by atoms with Crippen molar-refractivity contribution in [2.24, 2.45) is 0 Å². The van der Waals surface area contributed by atoms with Crippen LogP contribution in [-0.4, -0.2) is 50.8 Å². The molecule has 0 bridgehead atoms. The van der Waals surface area contributed by atoms with Crippen molar-refractivity contribution in [3.05, 3.63) is 12.7 Å². The predicted octanol–water partition coefficient (Wildman–Crippen LogP) is 2.43. The van der Waals surface area contributed by atoms with E-state index in [0.717, 1.165) is 26.2 Å². The molecule has 106 valence electrons. The summed E-state index contributed by atoms with van der Waals surface area (Å²) in [5.74, 6) is 0. The van der Waals surface area contributed by atoms with Gasteiger partial charge in [-0.05, 0) is 26.3 Å². The number of hydrogen-bond acceptors (Lipinski definition) is 3. The van der Waals surface area contributed by atoms with Gasteiger partial charge in [-0.15, -0.1) is 6.58 Å². The van der Waals surface area contributed by atoms with Gasteiger partial charge < -0.3 is 10.1 Å². The molecule has 0 aromatic rings. The largest absolute Gasteiger partial charge is 0.383 e. The Morgan fingerprint density at radius 2 is 2.00 bits per heavy atom. The lowest BCUT2D eigenvalue weighted by atomic mass is 9.79. The molecule has 0 amide bonds. The maximum absolute atomic E-state index is 5.17. The Morgan fingerprint density at radius 3 is 2.56 bits per heavy atom. The first-order valence-corrected chi connectivity index (χ1v) is 7.27. The Labute approximate surface area is 113 Å². The number of ether oxygens (including phenoxy) is 1. The van der Waals surface area contributed by atoms with E-state index in [9.17, 15) is 0 Å². The van der Waals surface area contributed by atoms with Gasteiger partial charge in [-0.1, -0.05) is 25.3 Å². The summed E-state index contributed by atoms with van der Waals surface area (Å²) >= 11 is 0. The molecule has 0 unspecified atom stereocenters. The first-order valence-electron chi connectivity index (χ1n) is 7.27. The van der Waals surface area contributed by atoms with Gasteiger partial charge in [-0.25, -0.2) is 0 Å². The van der Waals surface area contributed by atoms with Crippen LogP contribution in [0.25, 0.3) is 0 Å². The van der Waals surface area contributed by atoms with Gasteiger partial charge >= 0.3 is 0 Å². The Hall–Kier alpha value is -0.380. The van der Waals surface area contributed by atoms with E-state index < -0.39 is 0 Å². The molecule has 0 aliphatic heterocycles. The van der Waals surface area contributed by atoms with Gasteiger partial charge in [0, 0.05) is 32.3 Å². The van der Waals surface area contributed by atoms with Gasteiger partial charge in [0.2, 0.25) is 0 Å². The zero-order valence-corrected chi connectivity index (χ0v) is 12.2. The molecule has 1 N–H and O–H groups in total. The monoisotopic (exact) mass is 254 g/mol. The fourth-order valence-electron chi connectivity index (χ4n) is 2.92. The molecule has 0 radical (unpaired) electrons. The van der Waals surface area contributed by atoms with Crippen LogP contribution < -0.4 is 5.32 Å². The second-order valence-corrected chi connectivity index (χ2v) is 5.42. The first-order chi connectivity index (χ1) is 8.76. The number of hydrogen-bond donors (Lipinski definition) is 1. The molecule has 3 nitrogen and oxygen atoms in total. The minimum atomic E-state index is 0.380. The molecule has 1 aliphatic carbocycles. The number of nitrogens with zero attached hydrogens (tertiary/aromatic N) is 1. The summed E-state index contributed by atoms with van der Waals surface area (Å²) in [6, 6.07) is 0. The first kappa shape index (κ1) is 15.7. The van der Waals surface area contributed by atoms with Gasteiger partial charge in [-0.3, -0.25) is 4.90 Å². The molecule has 0 aromatic carbocycles. The Bertz CT molecular complexity index is 225. The van der Waals surface area contributed by atoms with Crippen molar-refractivity contribution in [2.45, 2.75) is 44.1 Å². The number of methoxy groups -OCH3 is 1. The summed E-state index contributed by atoms with van der Waals surface area (Å²) in [7, 11) is 3.89. The molecule has 0 atom stereocenters. The zero-order valence-electron chi connectivity index (χ0n) is 12.2. The van der Waals surface area contributed by atoms with Crippen LogP contribution in [0.5, 0.6) is 0 Å². The molecule has 0 aromatic heterocycles. The second-order valence-electron chi connectivity index (χ2n) is 5.42. The Balaban J connectivity index is 2.39. The highest BCUT2D eigenvalue weighted by molar-refractivity contribution is 4.90. The van der Waals surface area contributed by atoms with Crippen molar-refractivity contribution >= 4 is 0 Å². The van der Waals surface area contributed by atoms with Crippen molar-refractivity contribution in [1.29, 1.82) is 0 Å². The molecular formula is C15H30N2O. The van der Waals surface area contributed by atoms with E-state index in [1.165, 1.54) is 38.5 Å². The Kier molecular flexibility index (Phi) is 7.56. The van der Waals surface area contributed by atoms with Crippen LogP contribution in [0.3, 0.4) is 0 Å². The topological polar surface area (TPSA) is 24.5 Å². The van der Waals surface area contributed by atoms with Gasteiger partial charge in [-0.2, -0.15) is 0 Å². The van der Waals surface area contributed by atoms with Crippen LogP contribution in [-0.2, 0) is 4.74 Å². The lowest BCUT2D eigenvalue weighted by Gasteiger charge is -2.38. The third kappa shape index (κ3) is 5.09. The smallest absolute Gasteiger partial charge is 0.0589 e. The van der Waals surface area contributed by atoms with Crippen LogP contribution in [0.4, 0.5) is 0 Å². The molecule has 0 saturated heterocycles. The third-order valence-electron chi connectivity index (χ3n) is 4.25. The van der Waals surface area contributed by atoms with Gasteiger partial charge in [0.15, 0.2) is 0 Å². The molecule has 1 aliphatic rings. The highest BCUT2D eigenvalue weighted by Gasteiger charge is 2.30. The van der Waals surface area contributed by atoms with Crippen molar-refractivity contribution < 1.29 is 4.74 Å². The van der Waals surface area contributed by atoms with Crippen molar-refractivity contribution in [1.82, 2.24) is 10.2 Å². The van der Waals surface area contributed by atoms with Gasteiger partial charge in [0.1, 0.15) is 0 Å². The molecule has 1 rings (SSSR count). The molecule has 3 heteroatoms. The number of rotatable bonds is 9. The average Bonchev–Trinajstić information content (AvgIpc) is 2.43. The van der Waals surface area contributed by atoms with E-state index in [0.29, 0.717) is 5.54 Å². The quantitative estimate of drug-likeness (QED) is 0.640. The van der Waals surface area contributed by atoms with Crippen LogP contribution in [0.2, 0.25) is 0 Å². The fraction of sp³-hybridized carbons (Fsp3) is 0.867. The SMILES string of the molecule is C=CCN(CCOC)CCC1(NC)CCCCC1. The maximum atomic E-state index is 5.17. The molecule has 1 fully saturated rings. The van der Waals surface area contributed by atoms with E-state index in [2.05, 4.69) is 23.8 Å². The molecular weight excluding hydrogens is 224 g/mol. The molecule has 1 saturated carbocycles. The second kappa shape index (κ2) is 8.68. The minimum Gasteiger partial charge on any atom is -0.383 e. The normalized spacial score (nSPS) is 19.1. The Morgan fingerprint density at radius 1 is 1.28 bits per heavy atom. The van der Waals surface area contributed by atoms with Crippen LogP contribution in [0.15, 0.2) is 12.7 Å². The van der Waals surface area contributed by atoms with Crippen LogP contribution in [0, 0.1) is 0 Å². The summed E-state index contributed by atoms with van der Waals surface area (Å²) in [5.41, 5.74) is 0.380. The van der Waals surface area contributed by atoms with Crippen molar-refractivity contribution in [3.8, 4) is 0 Å². The van der Waals surface area contributed by atoms with Crippen LogP contribution in [0.1, 0.15) is 38.5 Å². The predicted molar refractivity (Wildman–Crippen MR) is 78.0 cm³/mol. The van der Waals surface area contributed by atoms with E-state index >= 15 is 0 Å². The average molecular weight is 254 g/mol. The number of nitrogens with one attached hydrogen (secondary N) is 1. The van der Waals surface area contributed by atoms with E-state index in [4.69, 9.17) is 4.74 Å². The summed E-state index contributed by atoms with van der Waals surface area (Å²) < 4.78 is 5.17. The maximum Gasteiger partial charge on any atom is 0.0589 e. The van der Waals surface area contributed by atoms with Crippen molar-refractivity contribution in [2.75, 3.05) is 40.4 Å². The highest BCUT2D eigenvalue weighted by Crippen LogP contribution is 2.30. The van der Waals surface area contributed by atoms with Gasteiger partial charge in [0.25, 0.3) is 0 Å². The van der Waals surface area contributed by atoms with E-state index in [1.54, 1.807) is 7.11 Å². The minimum absolute atomic E-state index is 0.380. The summed E-state index contributed by atoms with van der Waals surface area (Å²) in [5, 5.41) is 3.59. The summed E-state index contributed by atoms with van der Waals surface area (Å²) in [6.45, 7) is 7.75. The fourth-order valence-corrected chi connectivity index (χ4v) is 2.92. The van der Waals surface area contributed by atoms with E-state index in [1.807, 2.05) is 6.08 Å². The van der Waals surface area contributed by atoms with Crippen LogP contribution >= 0.6 is 0 Å². The third-order valence-corrected chi connectivity index (χ3v) is 4.25. The molecule has 0 heterocycles. The van der Waals surface area contributed by atoms with Crippen molar-refractivity contribution in [3.63, 3.8) is 0 Å². The summed E-state index contributed by atoms with van der Waals surface area (Å²) in [4.78, 5) is 2.43. The zero-order chi connectivity index (χ0) is 13.3. The van der Waals surface area contributed by atoms with E-state index in [-0.39, 0.29) is 0 Å². The van der Waals surface area contributed by atoms with Gasteiger partial charge in [0.05, 0.1) is 6.61 Å². The molecule has 0 spiro atoms. The lowest BCUT2D eigenvalue weighted by molar-refractivity contribution is 0.138.